The van der Waals surface area contributed by atoms with Crippen LogP contribution in [0, 0.1) is 0 Å². The van der Waals surface area contributed by atoms with Crippen molar-refractivity contribution in [2.24, 2.45) is 0 Å². The average molecular weight is 767 g/mol. The minimum absolute atomic E-state index is 0.427. The molecule has 1 heterocycles. The lowest BCUT2D eigenvalue weighted by molar-refractivity contribution is 0.769. The van der Waals surface area contributed by atoms with E-state index in [4.69, 9.17) is 5.73 Å². The van der Waals surface area contributed by atoms with E-state index in [9.17, 15) is 0 Å². The lowest BCUT2D eigenvalue weighted by Gasteiger charge is -2.34. The van der Waals surface area contributed by atoms with Gasteiger partial charge in [0.25, 0.3) is 0 Å². The second-order valence-electron chi connectivity index (χ2n) is 15.8. The van der Waals surface area contributed by atoms with E-state index < -0.39 is 5.41 Å². The third-order valence-electron chi connectivity index (χ3n) is 12.5. The van der Waals surface area contributed by atoms with Crippen molar-refractivity contribution in [2.45, 2.75) is 11.8 Å². The van der Waals surface area contributed by atoms with Crippen LogP contribution in [0.1, 0.15) is 38.9 Å². The number of allylic oxidation sites excluding steroid dienone is 1. The first-order valence-corrected chi connectivity index (χ1v) is 20.8. The van der Waals surface area contributed by atoms with E-state index in [0.717, 1.165) is 28.7 Å². The molecular formula is C58H42N2. The van der Waals surface area contributed by atoms with E-state index in [1.807, 2.05) is 42.5 Å². The van der Waals surface area contributed by atoms with Crippen LogP contribution in [0.3, 0.4) is 0 Å². The molecule has 0 unspecified atom stereocenters. The molecule has 0 bridgehead atoms. The highest BCUT2D eigenvalue weighted by Crippen LogP contribution is 2.56. The summed E-state index contributed by atoms with van der Waals surface area (Å²) in [5, 5.41) is 2.48. The quantitative estimate of drug-likeness (QED) is 0.168. The van der Waals surface area contributed by atoms with Crippen molar-refractivity contribution >= 4 is 33.1 Å². The number of hydrogen-bond acceptors (Lipinski definition) is 1. The van der Waals surface area contributed by atoms with Gasteiger partial charge in [-0.1, -0.05) is 188 Å². The minimum atomic E-state index is -0.427. The molecule has 2 nitrogen and oxygen atoms in total. The fourth-order valence-corrected chi connectivity index (χ4v) is 9.87. The van der Waals surface area contributed by atoms with Gasteiger partial charge < -0.3 is 10.7 Å². The van der Waals surface area contributed by atoms with Crippen molar-refractivity contribution in [3.8, 4) is 33.4 Å². The summed E-state index contributed by atoms with van der Waals surface area (Å²) in [6.45, 7) is 0. The average Bonchev–Trinajstić information content (AvgIpc) is 3.96. The van der Waals surface area contributed by atoms with Gasteiger partial charge in [0.05, 0.1) is 5.41 Å². The molecular weight excluding hydrogens is 725 g/mol. The zero-order chi connectivity index (χ0) is 40.0. The Kier molecular flexibility index (Phi) is 8.64. The molecule has 0 fully saturated rings. The number of nitrogen functional groups attached to an aromatic ring is 1. The summed E-state index contributed by atoms with van der Waals surface area (Å²) in [7, 11) is 0. The smallest absolute Gasteiger partial charge is 0.0713 e. The molecule has 0 saturated heterocycles. The van der Waals surface area contributed by atoms with E-state index >= 15 is 0 Å². The normalized spacial score (nSPS) is 13.6. The van der Waals surface area contributed by atoms with Gasteiger partial charge in [-0.25, -0.2) is 0 Å². The molecule has 2 heteroatoms. The van der Waals surface area contributed by atoms with Crippen LogP contribution >= 0.6 is 0 Å². The summed E-state index contributed by atoms with van der Waals surface area (Å²) in [6.07, 6.45) is 3.17. The third-order valence-corrected chi connectivity index (χ3v) is 12.5. The number of H-pyrrole nitrogens is 1. The van der Waals surface area contributed by atoms with Gasteiger partial charge in [-0.3, -0.25) is 0 Å². The van der Waals surface area contributed by atoms with Gasteiger partial charge in [-0.2, -0.15) is 0 Å². The molecule has 3 N–H and O–H groups in total. The van der Waals surface area contributed by atoms with Crippen LogP contribution in [-0.2, 0) is 11.8 Å². The van der Waals surface area contributed by atoms with E-state index in [-0.39, 0.29) is 0 Å². The number of benzene rings is 9. The first-order chi connectivity index (χ1) is 29.7. The van der Waals surface area contributed by atoms with Gasteiger partial charge in [-0.05, 0) is 115 Å². The molecule has 60 heavy (non-hydrogen) atoms. The number of aromatic amines is 1. The number of aromatic nitrogens is 1. The van der Waals surface area contributed by atoms with E-state index in [1.54, 1.807) is 0 Å². The van der Waals surface area contributed by atoms with Crippen LogP contribution in [0.15, 0.2) is 224 Å². The number of hydrogen-bond donors (Lipinski definition) is 2. The summed E-state index contributed by atoms with van der Waals surface area (Å²) in [5.74, 6) is 0. The maximum absolute atomic E-state index is 6.58. The third kappa shape index (κ3) is 5.72. The largest absolute Gasteiger partial charge is 0.398 e. The number of rotatable bonds is 5. The highest BCUT2D eigenvalue weighted by molar-refractivity contribution is 6.09. The Morgan fingerprint density at radius 2 is 0.950 bits per heavy atom. The van der Waals surface area contributed by atoms with Gasteiger partial charge in [0.2, 0.25) is 0 Å². The van der Waals surface area contributed by atoms with E-state index in [1.165, 1.54) is 83.1 Å². The first kappa shape index (κ1) is 35.5. The van der Waals surface area contributed by atoms with Crippen molar-refractivity contribution in [2.75, 3.05) is 5.73 Å². The molecule has 0 amide bonds. The Bertz CT molecular complexity index is 3160. The SMILES string of the molecule is Nc1cccc2c1/C(=C\Cc1ccc3[nH]c4ccc(-c5ccc6c(c5)C(c5ccccc5)(c5ccccc5)c5ccccc5-6)cc4c3c1)c1ccccc1-2.c1ccccc1. The predicted octanol–water partition coefficient (Wildman–Crippen LogP) is 14.3. The fraction of sp³-hybridized carbons (Fsp3) is 0.0345. The standard InChI is InChI=1S/C52H36N2.C6H6/c53-48-21-11-19-42-38-16-7-8-17-39(38)43(51(42)48)26-22-33-23-28-49-44(30-33)45-31-34(25-29-50(45)54-49)35-24-27-41-40-18-9-10-20-46(40)52(47(41)32-35,36-12-3-1-4-13-36)37-14-5-2-6-15-37;1-2-4-6-5-3-1/h1-21,23-32,54H,22,53H2;1-6H/b43-26-;. The van der Waals surface area contributed by atoms with Crippen LogP contribution < -0.4 is 5.73 Å². The Morgan fingerprint density at radius 1 is 0.417 bits per heavy atom. The van der Waals surface area contributed by atoms with Crippen LogP contribution in [-0.4, -0.2) is 4.98 Å². The molecule has 9 aromatic carbocycles. The summed E-state index contributed by atoms with van der Waals surface area (Å²) in [6, 6.07) is 78.7. The lowest BCUT2D eigenvalue weighted by Crippen LogP contribution is -2.28. The maximum atomic E-state index is 6.58. The van der Waals surface area contributed by atoms with Gasteiger partial charge in [0.1, 0.15) is 0 Å². The summed E-state index contributed by atoms with van der Waals surface area (Å²) in [5.41, 5.74) is 26.9. The molecule has 0 spiro atoms. The van der Waals surface area contributed by atoms with Crippen molar-refractivity contribution in [3.63, 3.8) is 0 Å². The van der Waals surface area contributed by atoms with Crippen molar-refractivity contribution in [1.29, 1.82) is 0 Å². The molecule has 0 atom stereocenters. The minimum Gasteiger partial charge on any atom is -0.398 e. The Balaban J connectivity index is 0.000000629. The van der Waals surface area contributed by atoms with Crippen molar-refractivity contribution in [3.05, 3.63) is 263 Å². The Labute approximate surface area is 351 Å². The number of nitrogens with one attached hydrogen (secondary N) is 1. The monoisotopic (exact) mass is 766 g/mol. The van der Waals surface area contributed by atoms with E-state index in [0.29, 0.717) is 0 Å². The summed E-state index contributed by atoms with van der Waals surface area (Å²) in [4.78, 5) is 3.69. The highest BCUT2D eigenvalue weighted by Gasteiger charge is 2.46. The van der Waals surface area contributed by atoms with Crippen LogP contribution in [0.25, 0.3) is 60.8 Å². The predicted molar refractivity (Wildman–Crippen MR) is 252 cm³/mol. The molecule has 0 radical (unpaired) electrons. The first-order valence-electron chi connectivity index (χ1n) is 20.8. The highest BCUT2D eigenvalue weighted by atomic mass is 14.7. The summed E-state index contributed by atoms with van der Waals surface area (Å²) >= 11 is 0. The van der Waals surface area contributed by atoms with Crippen LogP contribution in [0.4, 0.5) is 5.69 Å². The zero-order valence-corrected chi connectivity index (χ0v) is 33.1. The number of nitrogens with two attached hydrogens (primary N) is 1. The molecule has 10 aromatic rings. The molecule has 0 aliphatic heterocycles. The molecule has 0 saturated carbocycles. The van der Waals surface area contributed by atoms with Gasteiger partial charge in [0.15, 0.2) is 0 Å². The fourth-order valence-electron chi connectivity index (χ4n) is 9.87. The topological polar surface area (TPSA) is 41.8 Å². The lowest BCUT2D eigenvalue weighted by atomic mass is 9.67. The number of anilines is 1. The Hall–Kier alpha value is -7.68. The van der Waals surface area contributed by atoms with Crippen LogP contribution in [0.2, 0.25) is 0 Å². The van der Waals surface area contributed by atoms with Crippen molar-refractivity contribution in [1.82, 2.24) is 4.98 Å². The summed E-state index contributed by atoms with van der Waals surface area (Å²) < 4.78 is 0. The van der Waals surface area contributed by atoms with Crippen molar-refractivity contribution < 1.29 is 0 Å². The molecule has 2 aliphatic carbocycles. The second kappa shape index (κ2) is 14.6. The molecule has 2 aliphatic rings. The maximum Gasteiger partial charge on any atom is 0.0713 e. The zero-order valence-electron chi connectivity index (χ0n) is 33.1. The number of fused-ring (bicyclic) bond motifs is 9. The Morgan fingerprint density at radius 3 is 1.67 bits per heavy atom. The van der Waals surface area contributed by atoms with Gasteiger partial charge >= 0.3 is 0 Å². The van der Waals surface area contributed by atoms with E-state index in [2.05, 4.69) is 187 Å². The van der Waals surface area contributed by atoms with Gasteiger partial charge in [0, 0.05) is 33.1 Å². The van der Waals surface area contributed by atoms with Gasteiger partial charge in [-0.15, -0.1) is 0 Å². The molecule has 12 rings (SSSR count). The van der Waals surface area contributed by atoms with Crippen LogP contribution in [0.5, 0.6) is 0 Å². The molecule has 1 aromatic heterocycles. The molecule has 284 valence electrons. The second-order valence-corrected chi connectivity index (χ2v) is 15.8.